The summed E-state index contributed by atoms with van der Waals surface area (Å²) in [6.45, 7) is 4.27. The van der Waals surface area contributed by atoms with Crippen molar-refractivity contribution in [3.05, 3.63) is 83.8 Å². The summed E-state index contributed by atoms with van der Waals surface area (Å²) in [5.74, 6) is 0.855. The molecule has 0 spiro atoms. The molecule has 2 aromatic heterocycles. The maximum absolute atomic E-state index is 12.7. The van der Waals surface area contributed by atoms with Gasteiger partial charge < -0.3 is 19.5 Å². The third kappa shape index (κ3) is 4.40. The van der Waals surface area contributed by atoms with E-state index in [2.05, 4.69) is 27.3 Å². The molecule has 1 N–H and O–H groups in total. The van der Waals surface area contributed by atoms with Crippen LogP contribution < -0.4 is 10.2 Å². The molecule has 1 aliphatic heterocycles. The van der Waals surface area contributed by atoms with Gasteiger partial charge in [-0.05, 0) is 35.4 Å². The van der Waals surface area contributed by atoms with E-state index in [4.69, 9.17) is 4.74 Å². The standard InChI is InChI=1S/C22H24N4O2/c27-22(20-7-4-10-26(20)17-18-5-2-1-3-6-18)24-16-19-8-9-23-21(15-19)25-11-13-28-14-12-25/h1-10,15H,11-14,16-17H2,(H,24,27). The summed E-state index contributed by atoms with van der Waals surface area (Å²) in [6, 6.07) is 17.9. The van der Waals surface area contributed by atoms with Gasteiger partial charge in [-0.15, -0.1) is 0 Å². The quantitative estimate of drug-likeness (QED) is 0.719. The summed E-state index contributed by atoms with van der Waals surface area (Å²) in [7, 11) is 0. The van der Waals surface area contributed by atoms with Gasteiger partial charge in [0.2, 0.25) is 0 Å². The number of carbonyl (C=O) groups is 1. The number of anilines is 1. The Bertz CT molecular complexity index is 917. The number of hydrogen-bond donors (Lipinski definition) is 1. The molecule has 1 amide bonds. The largest absolute Gasteiger partial charge is 0.378 e. The Hall–Kier alpha value is -3.12. The predicted molar refractivity (Wildman–Crippen MR) is 108 cm³/mol. The highest BCUT2D eigenvalue weighted by Crippen LogP contribution is 2.14. The lowest BCUT2D eigenvalue weighted by molar-refractivity contribution is 0.0942. The lowest BCUT2D eigenvalue weighted by Gasteiger charge is -2.28. The number of ether oxygens (including phenoxy) is 1. The summed E-state index contributed by atoms with van der Waals surface area (Å²) in [5, 5.41) is 3.03. The molecule has 3 heterocycles. The minimum absolute atomic E-state index is 0.0781. The highest BCUT2D eigenvalue weighted by Gasteiger charge is 2.14. The van der Waals surface area contributed by atoms with Crippen LogP contribution in [0.2, 0.25) is 0 Å². The van der Waals surface area contributed by atoms with Gasteiger partial charge in [0.1, 0.15) is 11.5 Å². The van der Waals surface area contributed by atoms with Crippen LogP contribution in [-0.4, -0.2) is 41.8 Å². The molecule has 4 rings (SSSR count). The molecule has 6 nitrogen and oxygen atoms in total. The summed E-state index contributed by atoms with van der Waals surface area (Å²) >= 11 is 0. The number of morpholine rings is 1. The van der Waals surface area contributed by atoms with Crippen LogP contribution >= 0.6 is 0 Å². The number of rotatable bonds is 6. The number of pyridine rings is 1. The molecular formula is C22H24N4O2. The fourth-order valence-electron chi connectivity index (χ4n) is 3.35. The van der Waals surface area contributed by atoms with E-state index >= 15 is 0 Å². The van der Waals surface area contributed by atoms with Crippen molar-refractivity contribution in [3.63, 3.8) is 0 Å². The molecule has 1 aliphatic rings. The number of amides is 1. The van der Waals surface area contributed by atoms with Gasteiger partial charge in [-0.2, -0.15) is 0 Å². The lowest BCUT2D eigenvalue weighted by Crippen LogP contribution is -2.36. The Labute approximate surface area is 164 Å². The number of nitrogens with one attached hydrogen (secondary N) is 1. The lowest BCUT2D eigenvalue weighted by atomic mass is 10.2. The van der Waals surface area contributed by atoms with Gasteiger partial charge in [0.05, 0.1) is 13.2 Å². The summed E-state index contributed by atoms with van der Waals surface area (Å²) < 4.78 is 7.37. The van der Waals surface area contributed by atoms with Gasteiger partial charge in [-0.25, -0.2) is 4.98 Å². The van der Waals surface area contributed by atoms with Crippen LogP contribution in [-0.2, 0) is 17.8 Å². The fraction of sp³-hybridized carbons (Fsp3) is 0.273. The third-order valence-electron chi connectivity index (χ3n) is 4.86. The number of aromatic nitrogens is 2. The van der Waals surface area contributed by atoms with E-state index < -0.39 is 0 Å². The first-order valence-electron chi connectivity index (χ1n) is 9.54. The second-order valence-electron chi connectivity index (χ2n) is 6.81. The van der Waals surface area contributed by atoms with Gasteiger partial charge in [0, 0.05) is 38.6 Å². The highest BCUT2D eigenvalue weighted by molar-refractivity contribution is 5.92. The first-order valence-corrected chi connectivity index (χ1v) is 9.54. The van der Waals surface area contributed by atoms with Gasteiger partial charge in [0.15, 0.2) is 0 Å². The van der Waals surface area contributed by atoms with E-state index in [1.807, 2.05) is 53.2 Å². The molecule has 0 unspecified atom stereocenters. The molecule has 1 aromatic carbocycles. The van der Waals surface area contributed by atoms with Crippen molar-refractivity contribution in [2.24, 2.45) is 0 Å². The smallest absolute Gasteiger partial charge is 0.268 e. The van der Waals surface area contributed by atoms with E-state index in [1.165, 1.54) is 0 Å². The van der Waals surface area contributed by atoms with E-state index in [-0.39, 0.29) is 5.91 Å². The molecule has 6 heteroatoms. The van der Waals surface area contributed by atoms with Gasteiger partial charge >= 0.3 is 0 Å². The molecule has 0 radical (unpaired) electrons. The van der Waals surface area contributed by atoms with Crippen LogP contribution in [0.25, 0.3) is 0 Å². The van der Waals surface area contributed by atoms with Crippen molar-refractivity contribution in [2.45, 2.75) is 13.1 Å². The zero-order valence-electron chi connectivity index (χ0n) is 15.8. The molecule has 144 valence electrons. The summed E-state index contributed by atoms with van der Waals surface area (Å²) in [5.41, 5.74) is 2.86. The van der Waals surface area contributed by atoms with Crippen molar-refractivity contribution in [1.82, 2.24) is 14.9 Å². The van der Waals surface area contributed by atoms with E-state index in [0.29, 0.717) is 18.8 Å². The van der Waals surface area contributed by atoms with Crippen molar-refractivity contribution in [2.75, 3.05) is 31.2 Å². The van der Waals surface area contributed by atoms with Gasteiger partial charge in [-0.1, -0.05) is 30.3 Å². The average molecular weight is 376 g/mol. The Balaban J connectivity index is 1.39. The molecule has 1 fully saturated rings. The normalized spacial score (nSPS) is 14.1. The van der Waals surface area contributed by atoms with E-state index in [1.54, 1.807) is 6.20 Å². The van der Waals surface area contributed by atoms with Gasteiger partial charge in [-0.3, -0.25) is 4.79 Å². The van der Waals surface area contributed by atoms with Crippen LogP contribution in [0.15, 0.2) is 67.0 Å². The Kier molecular flexibility index (Phi) is 5.68. The average Bonchev–Trinajstić information content (AvgIpc) is 3.22. The SMILES string of the molecule is O=C(NCc1ccnc(N2CCOCC2)c1)c1cccn1Cc1ccccc1. The minimum Gasteiger partial charge on any atom is -0.378 e. The molecule has 28 heavy (non-hydrogen) atoms. The molecule has 0 aliphatic carbocycles. The fourth-order valence-corrected chi connectivity index (χ4v) is 3.35. The third-order valence-corrected chi connectivity index (χ3v) is 4.86. The number of benzene rings is 1. The van der Waals surface area contributed by atoms with Crippen LogP contribution in [0.3, 0.4) is 0 Å². The zero-order chi connectivity index (χ0) is 19.2. The maximum Gasteiger partial charge on any atom is 0.268 e. The first kappa shape index (κ1) is 18.3. The zero-order valence-corrected chi connectivity index (χ0v) is 15.8. The van der Waals surface area contributed by atoms with Crippen LogP contribution in [0.5, 0.6) is 0 Å². The number of nitrogens with zero attached hydrogens (tertiary/aromatic N) is 3. The van der Waals surface area contributed by atoms with Crippen molar-refractivity contribution in [3.8, 4) is 0 Å². The van der Waals surface area contributed by atoms with E-state index in [9.17, 15) is 4.79 Å². The molecule has 0 atom stereocenters. The second kappa shape index (κ2) is 8.71. The molecule has 0 saturated carbocycles. The summed E-state index contributed by atoms with van der Waals surface area (Å²) in [6.07, 6.45) is 3.73. The van der Waals surface area contributed by atoms with Crippen molar-refractivity contribution < 1.29 is 9.53 Å². The number of hydrogen-bond acceptors (Lipinski definition) is 4. The Morgan fingerprint density at radius 2 is 1.86 bits per heavy atom. The van der Waals surface area contributed by atoms with Crippen LogP contribution in [0, 0.1) is 0 Å². The maximum atomic E-state index is 12.7. The molecular weight excluding hydrogens is 352 g/mol. The molecule has 0 bridgehead atoms. The number of carbonyl (C=O) groups excluding carboxylic acids is 1. The molecule has 3 aromatic rings. The van der Waals surface area contributed by atoms with Gasteiger partial charge in [0.25, 0.3) is 5.91 Å². The van der Waals surface area contributed by atoms with Crippen molar-refractivity contribution >= 4 is 11.7 Å². The van der Waals surface area contributed by atoms with Crippen LogP contribution in [0.4, 0.5) is 5.82 Å². The van der Waals surface area contributed by atoms with E-state index in [0.717, 1.165) is 43.2 Å². The second-order valence-corrected chi connectivity index (χ2v) is 6.81. The first-order chi connectivity index (χ1) is 13.8. The molecule has 1 saturated heterocycles. The Morgan fingerprint density at radius 3 is 2.68 bits per heavy atom. The van der Waals surface area contributed by atoms with Crippen molar-refractivity contribution in [1.29, 1.82) is 0 Å². The topological polar surface area (TPSA) is 59.4 Å². The Morgan fingerprint density at radius 1 is 1.04 bits per heavy atom. The summed E-state index contributed by atoms with van der Waals surface area (Å²) in [4.78, 5) is 19.4. The highest BCUT2D eigenvalue weighted by atomic mass is 16.5. The predicted octanol–water partition coefficient (Wildman–Crippen LogP) is 2.70. The minimum atomic E-state index is -0.0781. The van der Waals surface area contributed by atoms with Crippen LogP contribution in [0.1, 0.15) is 21.6 Å². The monoisotopic (exact) mass is 376 g/mol.